The second kappa shape index (κ2) is 6.06. The second-order valence-electron chi connectivity index (χ2n) is 6.25. The molecule has 1 aliphatic carbocycles. The molecule has 1 fully saturated rings. The molecule has 0 spiro atoms. The molecule has 0 radical (unpaired) electrons. The molecule has 0 amide bonds. The molecular weight excluding hydrogens is 234 g/mol. The first kappa shape index (κ1) is 14.5. The van der Waals surface area contributed by atoms with Crippen molar-refractivity contribution in [2.24, 2.45) is 17.1 Å². The average Bonchev–Trinajstić information content (AvgIpc) is 2.47. The van der Waals surface area contributed by atoms with Crippen molar-refractivity contribution in [1.29, 1.82) is 0 Å². The number of aryl methyl sites for hydroxylation is 1. The van der Waals surface area contributed by atoms with Gasteiger partial charge in [-0.2, -0.15) is 0 Å². The quantitative estimate of drug-likeness (QED) is 0.870. The molecule has 2 heteroatoms. The highest BCUT2D eigenvalue weighted by Crippen LogP contribution is 2.48. The molecule has 3 atom stereocenters. The zero-order chi connectivity index (χ0) is 13.9. The maximum Gasteiger partial charge on any atom is 0.0858 e. The Balaban J connectivity index is 2.22. The lowest BCUT2D eigenvalue weighted by Gasteiger charge is -2.43. The number of aliphatic hydroxyl groups is 1. The van der Waals surface area contributed by atoms with Crippen LogP contribution in [-0.4, -0.2) is 11.7 Å². The van der Waals surface area contributed by atoms with Crippen LogP contribution in [-0.2, 0) is 0 Å². The fraction of sp³-hybridized carbons (Fsp3) is 0.647. The van der Waals surface area contributed by atoms with Gasteiger partial charge in [-0.1, -0.05) is 56.0 Å². The lowest BCUT2D eigenvalue weighted by atomic mass is 9.64. The third-order valence-electron chi connectivity index (χ3n) is 4.94. The van der Waals surface area contributed by atoms with E-state index in [1.54, 1.807) is 0 Å². The Bertz CT molecular complexity index is 400. The summed E-state index contributed by atoms with van der Waals surface area (Å²) in [5.41, 5.74) is 8.20. The van der Waals surface area contributed by atoms with Gasteiger partial charge in [0.1, 0.15) is 0 Å². The predicted octanol–water partition coefficient (Wildman–Crippen LogP) is 3.57. The fourth-order valence-corrected chi connectivity index (χ4v) is 3.52. The Kier molecular flexibility index (Phi) is 4.64. The standard InChI is InChI=1S/C17H27NO/c1-3-14-5-4-10-17(11-14,12-18)16(19)15-8-6-13(2)7-9-15/h6-9,14,16,19H,3-5,10-12,18H2,1-2H3. The molecule has 2 rings (SSSR count). The highest BCUT2D eigenvalue weighted by atomic mass is 16.3. The number of hydrogen-bond donors (Lipinski definition) is 2. The molecule has 0 aliphatic heterocycles. The van der Waals surface area contributed by atoms with Gasteiger partial charge in [-0.3, -0.25) is 0 Å². The van der Waals surface area contributed by atoms with Crippen LogP contribution in [0.1, 0.15) is 56.3 Å². The third-order valence-corrected chi connectivity index (χ3v) is 4.94. The summed E-state index contributed by atoms with van der Waals surface area (Å²) in [6.45, 7) is 4.90. The predicted molar refractivity (Wildman–Crippen MR) is 79.9 cm³/mol. The Morgan fingerprint density at radius 1 is 1.37 bits per heavy atom. The van der Waals surface area contributed by atoms with Crippen molar-refractivity contribution in [2.45, 2.75) is 52.1 Å². The van der Waals surface area contributed by atoms with Crippen molar-refractivity contribution in [3.63, 3.8) is 0 Å². The molecule has 3 unspecified atom stereocenters. The number of hydrogen-bond acceptors (Lipinski definition) is 2. The highest BCUT2D eigenvalue weighted by Gasteiger charge is 2.41. The minimum absolute atomic E-state index is 0.117. The van der Waals surface area contributed by atoms with Gasteiger partial charge in [-0.05, 0) is 31.2 Å². The molecule has 3 N–H and O–H groups in total. The second-order valence-corrected chi connectivity index (χ2v) is 6.25. The first-order valence-corrected chi connectivity index (χ1v) is 7.56. The van der Waals surface area contributed by atoms with Crippen molar-refractivity contribution in [1.82, 2.24) is 0 Å². The first-order valence-electron chi connectivity index (χ1n) is 7.56. The van der Waals surface area contributed by atoms with Gasteiger partial charge >= 0.3 is 0 Å². The van der Waals surface area contributed by atoms with Gasteiger partial charge in [0.15, 0.2) is 0 Å². The lowest BCUT2D eigenvalue weighted by molar-refractivity contribution is -0.0162. The molecule has 0 heterocycles. The lowest BCUT2D eigenvalue weighted by Crippen LogP contribution is -2.41. The summed E-state index contributed by atoms with van der Waals surface area (Å²) in [6, 6.07) is 8.24. The largest absolute Gasteiger partial charge is 0.388 e. The smallest absolute Gasteiger partial charge is 0.0858 e. The van der Waals surface area contributed by atoms with E-state index >= 15 is 0 Å². The van der Waals surface area contributed by atoms with Gasteiger partial charge in [-0.25, -0.2) is 0 Å². The molecule has 1 aromatic carbocycles. The van der Waals surface area contributed by atoms with Gasteiger partial charge < -0.3 is 10.8 Å². The zero-order valence-electron chi connectivity index (χ0n) is 12.2. The fourth-order valence-electron chi connectivity index (χ4n) is 3.52. The molecule has 0 saturated heterocycles. The summed E-state index contributed by atoms with van der Waals surface area (Å²) in [6.07, 6.45) is 5.37. The molecule has 1 aromatic rings. The minimum atomic E-state index is -0.424. The number of benzene rings is 1. The summed E-state index contributed by atoms with van der Waals surface area (Å²) in [5, 5.41) is 10.8. The van der Waals surface area contributed by atoms with E-state index in [0.717, 1.165) is 24.3 Å². The van der Waals surface area contributed by atoms with E-state index in [1.165, 1.54) is 24.8 Å². The van der Waals surface area contributed by atoms with Gasteiger partial charge in [0.2, 0.25) is 0 Å². The molecule has 1 aliphatic rings. The molecule has 0 bridgehead atoms. The van der Waals surface area contributed by atoms with Crippen LogP contribution in [0.2, 0.25) is 0 Å². The Morgan fingerprint density at radius 2 is 2.05 bits per heavy atom. The molecule has 19 heavy (non-hydrogen) atoms. The van der Waals surface area contributed by atoms with E-state index in [9.17, 15) is 5.11 Å². The maximum atomic E-state index is 10.8. The van der Waals surface area contributed by atoms with E-state index in [0.29, 0.717) is 6.54 Å². The Morgan fingerprint density at radius 3 is 2.63 bits per heavy atom. The van der Waals surface area contributed by atoms with Gasteiger partial charge in [0, 0.05) is 12.0 Å². The Hall–Kier alpha value is -0.860. The number of rotatable bonds is 4. The topological polar surface area (TPSA) is 46.2 Å². The SMILES string of the molecule is CCC1CCCC(CN)(C(O)c2ccc(C)cc2)C1. The van der Waals surface area contributed by atoms with Crippen molar-refractivity contribution in [3.05, 3.63) is 35.4 Å². The van der Waals surface area contributed by atoms with Crippen LogP contribution in [0, 0.1) is 18.3 Å². The van der Waals surface area contributed by atoms with Crippen LogP contribution in [0.5, 0.6) is 0 Å². The van der Waals surface area contributed by atoms with Crippen LogP contribution in [0.15, 0.2) is 24.3 Å². The molecule has 0 aromatic heterocycles. The third kappa shape index (κ3) is 3.01. The van der Waals surface area contributed by atoms with Crippen LogP contribution in [0.3, 0.4) is 0 Å². The maximum absolute atomic E-state index is 10.8. The van der Waals surface area contributed by atoms with Crippen LogP contribution in [0.25, 0.3) is 0 Å². The summed E-state index contributed by atoms with van der Waals surface area (Å²) < 4.78 is 0. The van der Waals surface area contributed by atoms with Crippen LogP contribution >= 0.6 is 0 Å². The monoisotopic (exact) mass is 261 g/mol. The van der Waals surface area contributed by atoms with Crippen molar-refractivity contribution in [2.75, 3.05) is 6.54 Å². The molecular formula is C17H27NO. The van der Waals surface area contributed by atoms with Crippen LogP contribution < -0.4 is 5.73 Å². The van der Waals surface area contributed by atoms with E-state index in [-0.39, 0.29) is 5.41 Å². The van der Waals surface area contributed by atoms with Crippen molar-refractivity contribution < 1.29 is 5.11 Å². The van der Waals surface area contributed by atoms with Crippen molar-refractivity contribution in [3.8, 4) is 0 Å². The normalized spacial score (nSPS) is 29.2. The van der Waals surface area contributed by atoms with Crippen molar-refractivity contribution >= 4 is 0 Å². The van der Waals surface area contributed by atoms with E-state index in [1.807, 2.05) is 12.1 Å². The number of aliphatic hydroxyl groups excluding tert-OH is 1. The average molecular weight is 261 g/mol. The summed E-state index contributed by atoms with van der Waals surface area (Å²) >= 11 is 0. The first-order chi connectivity index (χ1) is 9.11. The molecule has 2 nitrogen and oxygen atoms in total. The molecule has 106 valence electrons. The zero-order valence-corrected chi connectivity index (χ0v) is 12.2. The van der Waals surface area contributed by atoms with E-state index in [2.05, 4.69) is 26.0 Å². The Labute approximate surface area is 117 Å². The summed E-state index contributed by atoms with van der Waals surface area (Å²) in [4.78, 5) is 0. The highest BCUT2D eigenvalue weighted by molar-refractivity contribution is 5.25. The van der Waals surface area contributed by atoms with Gasteiger partial charge in [-0.15, -0.1) is 0 Å². The minimum Gasteiger partial charge on any atom is -0.388 e. The van der Waals surface area contributed by atoms with E-state index in [4.69, 9.17) is 5.73 Å². The molecule has 1 saturated carbocycles. The van der Waals surface area contributed by atoms with Gasteiger partial charge in [0.05, 0.1) is 6.10 Å². The van der Waals surface area contributed by atoms with E-state index < -0.39 is 6.10 Å². The summed E-state index contributed by atoms with van der Waals surface area (Å²) in [7, 11) is 0. The summed E-state index contributed by atoms with van der Waals surface area (Å²) in [5.74, 6) is 0.720. The van der Waals surface area contributed by atoms with Crippen LogP contribution in [0.4, 0.5) is 0 Å². The van der Waals surface area contributed by atoms with Gasteiger partial charge in [0.25, 0.3) is 0 Å². The number of nitrogens with two attached hydrogens (primary N) is 1.